The highest BCUT2D eigenvalue weighted by molar-refractivity contribution is 6.32. The Labute approximate surface area is 151 Å². The Balaban J connectivity index is 2.12. The summed E-state index contributed by atoms with van der Waals surface area (Å²) >= 11 is 6.21. The van der Waals surface area contributed by atoms with Crippen LogP contribution in [0.2, 0.25) is 5.02 Å². The standard InChI is InChI=1S/C21H16ClFN2/c1-14-10-16(11-17(13-24)20-8-3-4-9-21(20)22)15(2)25(14)19-7-5-6-18(23)12-19/h3-12H,1-2H3. The van der Waals surface area contributed by atoms with Crippen LogP contribution in [-0.4, -0.2) is 4.57 Å². The zero-order valence-electron chi connectivity index (χ0n) is 13.9. The molecule has 0 unspecified atom stereocenters. The lowest BCUT2D eigenvalue weighted by Gasteiger charge is -2.09. The predicted octanol–water partition coefficient (Wildman–Crippen LogP) is 5.95. The van der Waals surface area contributed by atoms with Crippen LogP contribution in [0.15, 0.2) is 54.6 Å². The van der Waals surface area contributed by atoms with Crippen LogP contribution in [0.25, 0.3) is 17.3 Å². The van der Waals surface area contributed by atoms with Gasteiger partial charge in [-0.25, -0.2) is 4.39 Å². The molecule has 1 aromatic heterocycles. The Kier molecular flexibility index (Phi) is 4.74. The lowest BCUT2D eigenvalue weighted by atomic mass is 10.0. The van der Waals surface area contributed by atoms with Gasteiger partial charge in [-0.05, 0) is 55.8 Å². The van der Waals surface area contributed by atoms with E-state index >= 15 is 0 Å². The molecule has 0 aliphatic rings. The average Bonchev–Trinajstić information content (AvgIpc) is 2.87. The van der Waals surface area contributed by atoms with Crippen LogP contribution in [0.3, 0.4) is 0 Å². The Bertz CT molecular complexity index is 1010. The van der Waals surface area contributed by atoms with E-state index in [0.717, 1.165) is 22.6 Å². The van der Waals surface area contributed by atoms with Gasteiger partial charge >= 0.3 is 0 Å². The summed E-state index contributed by atoms with van der Waals surface area (Å²) in [6, 6.07) is 17.9. The van der Waals surface area contributed by atoms with E-state index in [-0.39, 0.29) is 5.82 Å². The zero-order chi connectivity index (χ0) is 18.0. The van der Waals surface area contributed by atoms with Gasteiger partial charge in [0.15, 0.2) is 0 Å². The van der Waals surface area contributed by atoms with Crippen molar-refractivity contribution >= 4 is 23.3 Å². The molecule has 0 amide bonds. The van der Waals surface area contributed by atoms with E-state index in [2.05, 4.69) is 6.07 Å². The Morgan fingerprint density at radius 3 is 2.56 bits per heavy atom. The molecular formula is C21H16ClFN2. The molecule has 25 heavy (non-hydrogen) atoms. The third-order valence-corrected chi connectivity index (χ3v) is 4.45. The van der Waals surface area contributed by atoms with Crippen LogP contribution < -0.4 is 0 Å². The van der Waals surface area contributed by atoms with Gasteiger partial charge in [0.05, 0.1) is 11.6 Å². The van der Waals surface area contributed by atoms with Crippen molar-refractivity contribution in [3.63, 3.8) is 0 Å². The highest BCUT2D eigenvalue weighted by atomic mass is 35.5. The summed E-state index contributed by atoms with van der Waals surface area (Å²) in [5.74, 6) is -0.282. The molecule has 2 aromatic carbocycles. The molecule has 0 atom stereocenters. The smallest absolute Gasteiger partial charge is 0.125 e. The summed E-state index contributed by atoms with van der Waals surface area (Å²) in [4.78, 5) is 0. The fourth-order valence-corrected chi connectivity index (χ4v) is 3.19. The van der Waals surface area contributed by atoms with Crippen molar-refractivity contribution in [2.45, 2.75) is 13.8 Å². The molecule has 0 saturated carbocycles. The van der Waals surface area contributed by atoms with E-state index in [0.29, 0.717) is 16.2 Å². The van der Waals surface area contributed by atoms with Crippen molar-refractivity contribution in [2.24, 2.45) is 0 Å². The zero-order valence-corrected chi connectivity index (χ0v) is 14.7. The van der Waals surface area contributed by atoms with Gasteiger partial charge in [0.1, 0.15) is 5.82 Å². The van der Waals surface area contributed by atoms with E-state index in [4.69, 9.17) is 11.6 Å². The first kappa shape index (κ1) is 17.0. The Hall–Kier alpha value is -2.83. The van der Waals surface area contributed by atoms with Gasteiger partial charge in [-0.15, -0.1) is 0 Å². The summed E-state index contributed by atoms with van der Waals surface area (Å²) in [6.07, 6.45) is 1.82. The molecule has 0 N–H and O–H groups in total. The van der Waals surface area contributed by atoms with Crippen LogP contribution in [0.4, 0.5) is 4.39 Å². The lowest BCUT2D eigenvalue weighted by Crippen LogP contribution is -1.99. The van der Waals surface area contributed by atoms with E-state index in [1.54, 1.807) is 12.1 Å². The molecule has 0 fully saturated rings. The third kappa shape index (κ3) is 3.35. The topological polar surface area (TPSA) is 28.7 Å². The minimum absolute atomic E-state index is 0.282. The maximum absolute atomic E-state index is 13.6. The van der Waals surface area contributed by atoms with Crippen molar-refractivity contribution in [3.8, 4) is 11.8 Å². The largest absolute Gasteiger partial charge is 0.318 e. The van der Waals surface area contributed by atoms with Crippen LogP contribution in [0.5, 0.6) is 0 Å². The van der Waals surface area contributed by atoms with Crippen molar-refractivity contribution in [1.29, 1.82) is 5.26 Å². The summed E-state index contributed by atoms with van der Waals surface area (Å²) in [5, 5.41) is 10.1. The first-order valence-corrected chi connectivity index (χ1v) is 8.20. The molecule has 0 saturated heterocycles. The van der Waals surface area contributed by atoms with Gasteiger partial charge in [0.2, 0.25) is 0 Å². The maximum atomic E-state index is 13.6. The predicted molar refractivity (Wildman–Crippen MR) is 100 cm³/mol. The fourth-order valence-electron chi connectivity index (χ4n) is 2.95. The van der Waals surface area contributed by atoms with Crippen LogP contribution >= 0.6 is 11.6 Å². The molecule has 2 nitrogen and oxygen atoms in total. The summed E-state index contributed by atoms with van der Waals surface area (Å²) in [6.45, 7) is 3.90. The van der Waals surface area contributed by atoms with Crippen LogP contribution in [-0.2, 0) is 0 Å². The number of aromatic nitrogens is 1. The molecule has 4 heteroatoms. The highest BCUT2D eigenvalue weighted by Crippen LogP contribution is 2.28. The molecule has 0 spiro atoms. The lowest BCUT2D eigenvalue weighted by molar-refractivity contribution is 0.626. The van der Waals surface area contributed by atoms with Gasteiger partial charge in [-0.2, -0.15) is 5.26 Å². The number of aryl methyl sites for hydroxylation is 1. The second-order valence-electron chi connectivity index (χ2n) is 5.79. The Morgan fingerprint density at radius 2 is 1.88 bits per heavy atom. The first-order valence-electron chi connectivity index (χ1n) is 7.83. The molecule has 3 aromatic rings. The minimum atomic E-state index is -0.282. The van der Waals surface area contributed by atoms with E-state index in [1.165, 1.54) is 12.1 Å². The van der Waals surface area contributed by atoms with E-state index in [9.17, 15) is 9.65 Å². The number of nitriles is 1. The second kappa shape index (κ2) is 6.96. The SMILES string of the molecule is Cc1cc(C=C(C#N)c2ccccc2Cl)c(C)n1-c1cccc(F)c1. The summed E-state index contributed by atoms with van der Waals surface area (Å²) in [7, 11) is 0. The molecule has 0 radical (unpaired) electrons. The van der Waals surface area contributed by atoms with Gasteiger partial charge in [0.25, 0.3) is 0 Å². The molecule has 3 rings (SSSR count). The third-order valence-electron chi connectivity index (χ3n) is 4.12. The quantitative estimate of drug-likeness (QED) is 0.536. The number of halogens is 2. The highest BCUT2D eigenvalue weighted by Gasteiger charge is 2.12. The maximum Gasteiger partial charge on any atom is 0.125 e. The van der Waals surface area contributed by atoms with E-state index < -0.39 is 0 Å². The average molecular weight is 351 g/mol. The number of hydrogen-bond acceptors (Lipinski definition) is 1. The summed E-state index contributed by atoms with van der Waals surface area (Å²) in [5.41, 5.74) is 4.74. The first-order chi connectivity index (χ1) is 12.0. The van der Waals surface area contributed by atoms with Crippen LogP contribution in [0, 0.1) is 31.0 Å². The van der Waals surface area contributed by atoms with Gasteiger partial charge < -0.3 is 4.57 Å². The van der Waals surface area contributed by atoms with Crippen molar-refractivity contribution < 1.29 is 4.39 Å². The number of hydrogen-bond donors (Lipinski definition) is 0. The molecule has 0 aliphatic heterocycles. The second-order valence-corrected chi connectivity index (χ2v) is 6.20. The number of allylic oxidation sites excluding steroid dienone is 1. The normalized spacial score (nSPS) is 11.4. The van der Waals surface area contributed by atoms with Crippen LogP contribution in [0.1, 0.15) is 22.5 Å². The van der Waals surface area contributed by atoms with E-state index in [1.807, 2.05) is 54.8 Å². The Morgan fingerprint density at radius 1 is 1.12 bits per heavy atom. The summed E-state index contributed by atoms with van der Waals surface area (Å²) < 4.78 is 15.5. The molecule has 124 valence electrons. The van der Waals surface area contributed by atoms with Gasteiger partial charge in [-0.1, -0.05) is 35.9 Å². The molecule has 0 bridgehead atoms. The monoisotopic (exact) mass is 350 g/mol. The number of nitrogens with zero attached hydrogens (tertiary/aromatic N) is 2. The van der Waals surface area contributed by atoms with Crippen molar-refractivity contribution in [3.05, 3.63) is 88.0 Å². The molecular weight excluding hydrogens is 335 g/mol. The molecule has 0 aliphatic carbocycles. The van der Waals surface area contributed by atoms with Crippen molar-refractivity contribution in [2.75, 3.05) is 0 Å². The van der Waals surface area contributed by atoms with Gasteiger partial charge in [0, 0.05) is 27.7 Å². The molecule has 1 heterocycles. The number of benzene rings is 2. The number of rotatable bonds is 3. The van der Waals surface area contributed by atoms with Crippen molar-refractivity contribution in [1.82, 2.24) is 4.57 Å². The van der Waals surface area contributed by atoms with Gasteiger partial charge in [-0.3, -0.25) is 0 Å². The minimum Gasteiger partial charge on any atom is -0.318 e. The fraction of sp³-hybridized carbons (Fsp3) is 0.0952.